The molecule has 2 atom stereocenters. The van der Waals surface area contributed by atoms with E-state index in [1.54, 1.807) is 60.7 Å². The summed E-state index contributed by atoms with van der Waals surface area (Å²) >= 11 is 0. The van der Waals surface area contributed by atoms with E-state index in [1.807, 2.05) is 0 Å². The van der Waals surface area contributed by atoms with Crippen LogP contribution in [0.5, 0.6) is 0 Å². The second-order valence-corrected chi connectivity index (χ2v) is 6.84. The summed E-state index contributed by atoms with van der Waals surface area (Å²) in [5.74, 6) is -3.10. The fraction of sp³-hybridized carbons (Fsp3) is 0.333. The Morgan fingerprint density at radius 3 is 1.97 bits per heavy atom. The van der Waals surface area contributed by atoms with Gasteiger partial charge in [-0.25, -0.2) is 4.79 Å². The Balaban J connectivity index is 1.87. The molecule has 8 heteroatoms. The molecular formula is C21H20F3NO4. The number of carbonyl (C=O) groups excluding carboxylic acids is 2. The van der Waals surface area contributed by atoms with Crippen molar-refractivity contribution in [3.8, 4) is 0 Å². The lowest BCUT2D eigenvalue weighted by atomic mass is 9.98. The predicted octanol–water partition coefficient (Wildman–Crippen LogP) is 3.23. The molecule has 1 N–H and O–H groups in total. The van der Waals surface area contributed by atoms with Crippen molar-refractivity contribution in [3.05, 3.63) is 71.8 Å². The van der Waals surface area contributed by atoms with Gasteiger partial charge < -0.3 is 14.7 Å². The Morgan fingerprint density at radius 2 is 1.48 bits per heavy atom. The lowest BCUT2D eigenvalue weighted by Gasteiger charge is -2.37. The van der Waals surface area contributed by atoms with Crippen LogP contribution >= 0.6 is 0 Å². The molecule has 3 rings (SSSR count). The maximum absolute atomic E-state index is 13.0. The number of β-amino-alcohol motifs (C(OH)–C–C–N with tert-alkyl or cyclic N) is 1. The molecule has 1 aliphatic rings. The quantitative estimate of drug-likeness (QED) is 0.791. The van der Waals surface area contributed by atoms with Gasteiger partial charge in [-0.3, -0.25) is 4.79 Å². The van der Waals surface area contributed by atoms with Crippen LogP contribution in [0.3, 0.4) is 0 Å². The van der Waals surface area contributed by atoms with E-state index in [0.29, 0.717) is 16.0 Å². The molecule has 154 valence electrons. The number of hydrogen-bond acceptors (Lipinski definition) is 4. The lowest BCUT2D eigenvalue weighted by molar-refractivity contribution is -0.194. The number of alkyl halides is 3. The molecule has 0 spiro atoms. The zero-order chi connectivity index (χ0) is 21.0. The molecule has 0 unspecified atom stereocenters. The van der Waals surface area contributed by atoms with E-state index in [9.17, 15) is 27.9 Å². The zero-order valence-electron chi connectivity index (χ0n) is 15.4. The molecule has 0 radical (unpaired) electrons. The molecule has 2 aromatic carbocycles. The van der Waals surface area contributed by atoms with Crippen LogP contribution in [0.25, 0.3) is 0 Å². The zero-order valence-corrected chi connectivity index (χ0v) is 15.4. The molecule has 1 saturated heterocycles. The smallest absolute Gasteiger partial charge is 0.451 e. The number of nitrogens with zero attached hydrogens (tertiary/aromatic N) is 1. The maximum Gasteiger partial charge on any atom is 0.471 e. The summed E-state index contributed by atoms with van der Waals surface area (Å²) in [5, 5.41) is 9.72. The molecule has 1 heterocycles. The molecule has 0 aliphatic carbocycles. The van der Waals surface area contributed by atoms with Gasteiger partial charge in [0.1, 0.15) is 6.04 Å². The van der Waals surface area contributed by atoms with Crippen LogP contribution in [0.1, 0.15) is 30.1 Å². The van der Waals surface area contributed by atoms with Gasteiger partial charge in [-0.1, -0.05) is 60.7 Å². The summed E-state index contributed by atoms with van der Waals surface area (Å²) in [6.45, 7) is -0.570. The minimum Gasteiger partial charge on any atom is -0.451 e. The molecule has 1 fully saturated rings. The summed E-state index contributed by atoms with van der Waals surface area (Å²) < 4.78 is 44.5. The number of halogens is 3. The summed E-state index contributed by atoms with van der Waals surface area (Å²) in [4.78, 5) is 25.0. The van der Waals surface area contributed by atoms with Gasteiger partial charge in [0.15, 0.2) is 6.10 Å². The van der Waals surface area contributed by atoms with Gasteiger partial charge >= 0.3 is 18.1 Å². The first-order valence-corrected chi connectivity index (χ1v) is 9.13. The van der Waals surface area contributed by atoms with Gasteiger partial charge in [0.2, 0.25) is 0 Å². The van der Waals surface area contributed by atoms with E-state index in [1.165, 1.54) is 0 Å². The Kier molecular flexibility index (Phi) is 6.22. The monoisotopic (exact) mass is 407 g/mol. The molecule has 0 saturated carbocycles. The molecule has 1 amide bonds. The van der Waals surface area contributed by atoms with Crippen LogP contribution < -0.4 is 0 Å². The standard InChI is InChI=1S/C21H20F3NO4/c22-21(23,24)20(28)25-13-16(26)11-12-17(25)19(27)29-18(14-7-3-1-4-8-14)15-9-5-2-6-10-15/h1-10,16-18,26H,11-13H2/t16-,17-/m1/s1. The fourth-order valence-electron chi connectivity index (χ4n) is 3.36. The third kappa shape index (κ3) is 4.95. The SMILES string of the molecule is O=C(OC(c1ccccc1)c1ccccc1)[C@H]1CC[C@@H](O)CN1C(=O)C(F)(F)F. The number of aliphatic hydroxyl groups is 1. The lowest BCUT2D eigenvalue weighted by Crippen LogP contribution is -2.56. The topological polar surface area (TPSA) is 66.8 Å². The van der Waals surface area contributed by atoms with E-state index in [4.69, 9.17) is 4.74 Å². The summed E-state index contributed by atoms with van der Waals surface area (Å²) in [6.07, 6.45) is -7.11. The molecular weight excluding hydrogens is 387 g/mol. The first-order valence-electron chi connectivity index (χ1n) is 9.13. The average Bonchev–Trinajstić information content (AvgIpc) is 2.71. The number of likely N-dealkylation sites (tertiary alicyclic amines) is 1. The van der Waals surface area contributed by atoms with E-state index in [-0.39, 0.29) is 12.8 Å². The van der Waals surface area contributed by atoms with E-state index in [2.05, 4.69) is 0 Å². The number of esters is 1. The molecule has 1 aliphatic heterocycles. The first-order chi connectivity index (χ1) is 13.8. The van der Waals surface area contributed by atoms with Gasteiger partial charge in [0, 0.05) is 6.54 Å². The summed E-state index contributed by atoms with van der Waals surface area (Å²) in [5.41, 5.74) is 1.30. The van der Waals surface area contributed by atoms with E-state index >= 15 is 0 Å². The summed E-state index contributed by atoms with van der Waals surface area (Å²) in [7, 11) is 0. The fourth-order valence-corrected chi connectivity index (χ4v) is 3.36. The Labute approximate surface area is 165 Å². The highest BCUT2D eigenvalue weighted by molar-refractivity contribution is 5.88. The van der Waals surface area contributed by atoms with Crippen molar-refractivity contribution in [1.82, 2.24) is 4.90 Å². The minimum atomic E-state index is -5.14. The Hall–Kier alpha value is -2.87. The number of carbonyl (C=O) groups is 2. The third-order valence-electron chi connectivity index (χ3n) is 4.77. The molecule has 0 aromatic heterocycles. The Bertz CT molecular complexity index is 803. The van der Waals surface area contributed by atoms with Crippen LogP contribution in [-0.4, -0.2) is 46.7 Å². The van der Waals surface area contributed by atoms with E-state index in [0.717, 1.165) is 0 Å². The second kappa shape index (κ2) is 8.65. The van der Waals surface area contributed by atoms with Gasteiger partial charge in [-0.2, -0.15) is 13.2 Å². The number of aliphatic hydroxyl groups excluding tert-OH is 1. The molecule has 2 aromatic rings. The number of rotatable bonds is 4. The summed E-state index contributed by atoms with van der Waals surface area (Å²) in [6, 6.07) is 16.2. The highest BCUT2D eigenvalue weighted by Gasteiger charge is 2.48. The van der Waals surface area contributed by atoms with Gasteiger partial charge in [0.05, 0.1) is 6.10 Å². The molecule has 0 bridgehead atoms. The second-order valence-electron chi connectivity index (χ2n) is 6.84. The Morgan fingerprint density at radius 1 is 0.966 bits per heavy atom. The highest BCUT2D eigenvalue weighted by Crippen LogP contribution is 2.30. The molecule has 5 nitrogen and oxygen atoms in total. The largest absolute Gasteiger partial charge is 0.471 e. The van der Waals surface area contributed by atoms with Crippen LogP contribution in [-0.2, 0) is 14.3 Å². The van der Waals surface area contributed by atoms with Crippen molar-refractivity contribution < 1.29 is 32.6 Å². The number of hydrogen-bond donors (Lipinski definition) is 1. The number of benzene rings is 2. The van der Waals surface area contributed by atoms with Crippen molar-refractivity contribution in [2.75, 3.05) is 6.54 Å². The first kappa shape index (κ1) is 20.9. The van der Waals surface area contributed by atoms with Gasteiger partial charge in [0.25, 0.3) is 0 Å². The van der Waals surface area contributed by atoms with Crippen LogP contribution in [0.4, 0.5) is 13.2 Å². The van der Waals surface area contributed by atoms with Crippen molar-refractivity contribution in [1.29, 1.82) is 0 Å². The van der Waals surface area contributed by atoms with Crippen molar-refractivity contribution in [3.63, 3.8) is 0 Å². The maximum atomic E-state index is 13.0. The van der Waals surface area contributed by atoms with Crippen molar-refractivity contribution >= 4 is 11.9 Å². The highest BCUT2D eigenvalue weighted by atomic mass is 19.4. The van der Waals surface area contributed by atoms with E-state index < -0.39 is 42.8 Å². The third-order valence-corrected chi connectivity index (χ3v) is 4.77. The van der Waals surface area contributed by atoms with Crippen molar-refractivity contribution in [2.24, 2.45) is 0 Å². The van der Waals surface area contributed by atoms with Crippen molar-refractivity contribution in [2.45, 2.75) is 37.3 Å². The minimum absolute atomic E-state index is 0.0999. The van der Waals surface area contributed by atoms with Gasteiger partial charge in [-0.15, -0.1) is 0 Å². The normalized spacial score (nSPS) is 19.8. The van der Waals surface area contributed by atoms with Crippen LogP contribution in [0, 0.1) is 0 Å². The predicted molar refractivity (Wildman–Crippen MR) is 97.6 cm³/mol. The van der Waals surface area contributed by atoms with Gasteiger partial charge in [-0.05, 0) is 24.0 Å². The average molecular weight is 407 g/mol. The number of amides is 1. The number of ether oxygens (including phenoxy) is 1. The number of piperidine rings is 1. The van der Waals surface area contributed by atoms with Crippen LogP contribution in [0.2, 0.25) is 0 Å². The van der Waals surface area contributed by atoms with Crippen LogP contribution in [0.15, 0.2) is 60.7 Å². The molecule has 29 heavy (non-hydrogen) atoms.